The van der Waals surface area contributed by atoms with Gasteiger partial charge >= 0.3 is 6.18 Å². The normalized spacial score (nSPS) is 11.6. The Morgan fingerprint density at radius 1 is 1.06 bits per heavy atom. The second kappa shape index (κ2) is 9.35. The molecule has 1 amide bonds. The van der Waals surface area contributed by atoms with E-state index in [0.29, 0.717) is 6.54 Å². The first-order valence-electron chi connectivity index (χ1n) is 9.85. The van der Waals surface area contributed by atoms with Crippen LogP contribution < -0.4 is 10.7 Å². The molecule has 0 aliphatic rings. The molecular weight excluding hydrogens is 421 g/mol. The summed E-state index contributed by atoms with van der Waals surface area (Å²) in [7, 11) is 3.85. The maximum atomic E-state index is 13.5. The smallest absolute Gasteiger partial charge is 0.346 e. The summed E-state index contributed by atoms with van der Waals surface area (Å²) in [6.07, 6.45) is -4.62. The number of amides is 1. The van der Waals surface area contributed by atoms with Crippen molar-refractivity contribution >= 4 is 5.91 Å². The number of carbonyl (C=O) groups is 1. The van der Waals surface area contributed by atoms with Crippen LogP contribution in [0.2, 0.25) is 0 Å². The van der Waals surface area contributed by atoms with Crippen LogP contribution in [0.3, 0.4) is 0 Å². The van der Waals surface area contributed by atoms with Gasteiger partial charge in [0.05, 0.1) is 11.3 Å². The first-order chi connectivity index (χ1) is 15.1. The van der Waals surface area contributed by atoms with Crippen molar-refractivity contribution in [2.45, 2.75) is 26.2 Å². The van der Waals surface area contributed by atoms with Gasteiger partial charge in [0.2, 0.25) is 5.43 Å². The molecule has 0 aliphatic carbocycles. The second-order valence-corrected chi connectivity index (χ2v) is 7.61. The zero-order valence-electron chi connectivity index (χ0n) is 17.9. The monoisotopic (exact) mass is 444 g/mol. The molecule has 1 heterocycles. The summed E-state index contributed by atoms with van der Waals surface area (Å²) in [5.74, 6) is -0.757. The number of aryl methyl sites for hydroxylation is 1. The third-order valence-corrected chi connectivity index (χ3v) is 4.80. The second-order valence-electron chi connectivity index (χ2n) is 7.61. The molecule has 0 unspecified atom stereocenters. The van der Waals surface area contributed by atoms with E-state index in [2.05, 4.69) is 10.4 Å². The molecule has 1 N–H and O–H groups in total. The van der Waals surface area contributed by atoms with Crippen molar-refractivity contribution in [1.82, 2.24) is 20.0 Å². The molecule has 0 spiro atoms. The summed E-state index contributed by atoms with van der Waals surface area (Å²) in [6.45, 7) is 2.27. The molecular formula is C23H23F3N4O2. The van der Waals surface area contributed by atoms with Crippen LogP contribution in [0.4, 0.5) is 13.2 Å². The summed E-state index contributed by atoms with van der Waals surface area (Å²) in [5, 5.41) is 6.64. The minimum absolute atomic E-state index is 0.150. The Morgan fingerprint density at radius 2 is 1.69 bits per heavy atom. The lowest BCUT2D eigenvalue weighted by Gasteiger charge is -2.17. The summed E-state index contributed by atoms with van der Waals surface area (Å²) >= 11 is 0. The Hall–Kier alpha value is -3.46. The van der Waals surface area contributed by atoms with E-state index in [1.807, 2.05) is 43.3 Å². The van der Waals surface area contributed by atoms with Gasteiger partial charge in [0.15, 0.2) is 5.69 Å². The van der Waals surface area contributed by atoms with Gasteiger partial charge < -0.3 is 10.2 Å². The molecule has 1 aromatic heterocycles. The third-order valence-electron chi connectivity index (χ3n) is 4.80. The number of rotatable bonds is 6. The van der Waals surface area contributed by atoms with Crippen LogP contribution in [0.5, 0.6) is 0 Å². The highest BCUT2D eigenvalue weighted by molar-refractivity contribution is 5.92. The Labute approximate surface area is 183 Å². The van der Waals surface area contributed by atoms with Gasteiger partial charge in [0.1, 0.15) is 0 Å². The number of aromatic nitrogens is 2. The van der Waals surface area contributed by atoms with Gasteiger partial charge in [-0.05, 0) is 44.3 Å². The molecule has 3 aromatic rings. The minimum Gasteiger partial charge on any atom is -0.346 e. The summed E-state index contributed by atoms with van der Waals surface area (Å²) in [4.78, 5) is 27.1. The Bertz CT molecular complexity index is 1190. The lowest BCUT2D eigenvalue weighted by molar-refractivity contribution is -0.137. The van der Waals surface area contributed by atoms with Gasteiger partial charge in [-0.3, -0.25) is 9.59 Å². The molecule has 0 radical (unpaired) electrons. The summed E-state index contributed by atoms with van der Waals surface area (Å²) in [5.41, 5.74) is -0.263. The first-order valence-corrected chi connectivity index (χ1v) is 9.85. The number of nitrogens with one attached hydrogen (secondary N) is 1. The SMILES string of the molecule is Cc1cc(=O)c(C(=O)NCc2ccccc2CN(C)C)nn1-c1ccccc1C(F)(F)F. The lowest BCUT2D eigenvalue weighted by Crippen LogP contribution is -2.32. The van der Waals surface area contributed by atoms with E-state index in [1.54, 1.807) is 0 Å². The molecule has 9 heteroatoms. The van der Waals surface area contributed by atoms with Crippen molar-refractivity contribution in [2.75, 3.05) is 14.1 Å². The number of benzene rings is 2. The van der Waals surface area contributed by atoms with Crippen molar-refractivity contribution in [3.8, 4) is 5.69 Å². The molecule has 0 aliphatic heterocycles. The number of alkyl halides is 3. The van der Waals surface area contributed by atoms with E-state index >= 15 is 0 Å². The van der Waals surface area contributed by atoms with Crippen molar-refractivity contribution in [3.63, 3.8) is 0 Å². The van der Waals surface area contributed by atoms with Crippen LogP contribution in [0, 0.1) is 6.92 Å². The first kappa shape index (κ1) is 23.2. The standard InChI is InChI=1S/C23H23F3N4O2/c1-15-12-20(31)21(28-30(15)19-11-7-6-10-18(19)23(24,25)26)22(32)27-13-16-8-4-5-9-17(16)14-29(2)3/h4-12H,13-14H2,1-3H3,(H,27,32). The Balaban J connectivity index is 1.93. The third kappa shape index (κ3) is 5.23. The molecule has 6 nitrogen and oxygen atoms in total. The number of nitrogens with zero attached hydrogens (tertiary/aromatic N) is 3. The molecule has 0 atom stereocenters. The average Bonchev–Trinajstić information content (AvgIpc) is 2.72. The Morgan fingerprint density at radius 3 is 2.34 bits per heavy atom. The molecule has 0 fully saturated rings. The topological polar surface area (TPSA) is 67.2 Å². The van der Waals surface area contributed by atoms with E-state index in [4.69, 9.17) is 0 Å². The molecule has 32 heavy (non-hydrogen) atoms. The number of hydrogen-bond donors (Lipinski definition) is 1. The molecule has 0 saturated carbocycles. The van der Waals surface area contributed by atoms with E-state index < -0.39 is 28.8 Å². The van der Waals surface area contributed by atoms with E-state index in [1.165, 1.54) is 25.1 Å². The van der Waals surface area contributed by atoms with Crippen molar-refractivity contribution in [1.29, 1.82) is 0 Å². The zero-order valence-corrected chi connectivity index (χ0v) is 17.9. The molecule has 168 valence electrons. The fourth-order valence-electron chi connectivity index (χ4n) is 3.33. The number of para-hydroxylation sites is 1. The summed E-state index contributed by atoms with van der Waals surface area (Å²) in [6, 6.07) is 13.5. The fourth-order valence-corrected chi connectivity index (χ4v) is 3.33. The predicted octanol–water partition coefficient (Wildman–Crippen LogP) is 3.55. The molecule has 0 saturated heterocycles. The van der Waals surface area contributed by atoms with Crippen molar-refractivity contribution < 1.29 is 18.0 Å². The highest BCUT2D eigenvalue weighted by Gasteiger charge is 2.34. The van der Waals surface area contributed by atoms with Crippen LogP contribution in [0.1, 0.15) is 32.9 Å². The molecule has 0 bridgehead atoms. The number of halogens is 3. The summed E-state index contributed by atoms with van der Waals surface area (Å²) < 4.78 is 41.3. The van der Waals surface area contributed by atoms with Crippen LogP contribution in [0.25, 0.3) is 5.69 Å². The van der Waals surface area contributed by atoms with Crippen molar-refractivity contribution in [3.05, 3.63) is 92.9 Å². The lowest BCUT2D eigenvalue weighted by atomic mass is 10.1. The predicted molar refractivity (Wildman–Crippen MR) is 115 cm³/mol. The Kier molecular flexibility index (Phi) is 6.78. The highest BCUT2D eigenvalue weighted by atomic mass is 19.4. The number of hydrogen-bond acceptors (Lipinski definition) is 4. The van der Waals surface area contributed by atoms with Crippen LogP contribution >= 0.6 is 0 Å². The van der Waals surface area contributed by atoms with Gasteiger partial charge in [0, 0.05) is 24.8 Å². The van der Waals surface area contributed by atoms with Gasteiger partial charge in [-0.25, -0.2) is 4.68 Å². The largest absolute Gasteiger partial charge is 0.418 e. The van der Waals surface area contributed by atoms with Crippen LogP contribution in [-0.2, 0) is 19.3 Å². The maximum Gasteiger partial charge on any atom is 0.418 e. The van der Waals surface area contributed by atoms with E-state index in [0.717, 1.165) is 27.9 Å². The molecule has 2 aromatic carbocycles. The van der Waals surface area contributed by atoms with Gasteiger partial charge in [0.25, 0.3) is 5.91 Å². The van der Waals surface area contributed by atoms with Crippen LogP contribution in [-0.4, -0.2) is 34.7 Å². The van der Waals surface area contributed by atoms with E-state index in [9.17, 15) is 22.8 Å². The van der Waals surface area contributed by atoms with E-state index in [-0.39, 0.29) is 17.9 Å². The average molecular weight is 444 g/mol. The fraction of sp³-hybridized carbons (Fsp3) is 0.261. The molecule has 3 rings (SSSR count). The quantitative estimate of drug-likeness (QED) is 0.632. The van der Waals surface area contributed by atoms with Crippen LogP contribution in [0.15, 0.2) is 59.4 Å². The zero-order chi connectivity index (χ0) is 23.5. The van der Waals surface area contributed by atoms with Crippen molar-refractivity contribution in [2.24, 2.45) is 0 Å². The minimum atomic E-state index is -4.62. The maximum absolute atomic E-state index is 13.5. The van der Waals surface area contributed by atoms with Gasteiger partial charge in [-0.15, -0.1) is 0 Å². The number of carbonyl (C=O) groups excluding carboxylic acids is 1. The van der Waals surface area contributed by atoms with Gasteiger partial charge in [-0.2, -0.15) is 18.3 Å². The van der Waals surface area contributed by atoms with Gasteiger partial charge in [-0.1, -0.05) is 36.4 Å². The highest BCUT2D eigenvalue weighted by Crippen LogP contribution is 2.33.